The molecule has 7 nitrogen and oxygen atoms in total. The topological polar surface area (TPSA) is 86.8 Å². The van der Waals surface area contributed by atoms with Crippen molar-refractivity contribution in [2.45, 2.75) is 50.7 Å². The van der Waals surface area contributed by atoms with Crippen molar-refractivity contribution in [1.29, 1.82) is 0 Å². The number of nitrogens with one attached hydrogen (secondary N) is 1. The van der Waals surface area contributed by atoms with Gasteiger partial charge in [-0.2, -0.15) is 0 Å². The molecule has 0 aliphatic rings. The number of carbonyl (C=O) groups is 2. The Bertz CT molecular complexity index is 1500. The maximum absolute atomic E-state index is 13.9. The first kappa shape index (κ1) is 32.0. The van der Waals surface area contributed by atoms with Crippen molar-refractivity contribution in [3.63, 3.8) is 0 Å². The molecule has 3 aromatic rings. The summed E-state index contributed by atoms with van der Waals surface area (Å²) >= 11 is 24.6. The summed E-state index contributed by atoms with van der Waals surface area (Å²) in [6.07, 6.45) is 0. The zero-order valence-electron chi connectivity index (χ0n) is 22.3. The number of carbonyl (C=O) groups excluding carboxylic acids is 2. The maximum Gasteiger partial charge on any atom is 0.264 e. The second kappa shape index (κ2) is 13.0. The van der Waals surface area contributed by atoms with E-state index in [1.54, 1.807) is 43.3 Å². The highest BCUT2D eigenvalue weighted by atomic mass is 35.5. The van der Waals surface area contributed by atoms with E-state index in [1.807, 2.05) is 20.8 Å². The smallest absolute Gasteiger partial charge is 0.264 e. The van der Waals surface area contributed by atoms with E-state index in [1.165, 1.54) is 35.2 Å². The first-order valence-corrected chi connectivity index (χ1v) is 15.1. The SMILES string of the molecule is CC(C(=O)NC(C)(C)C)N(Cc1ccc(Cl)c(Cl)c1)C(=O)CN(c1ccc(Cl)c(Cl)c1)S(=O)(=O)c1ccccc1. The first-order chi connectivity index (χ1) is 18.6. The average Bonchev–Trinajstić information content (AvgIpc) is 2.88. The van der Waals surface area contributed by atoms with Gasteiger partial charge in [-0.3, -0.25) is 13.9 Å². The molecule has 0 radical (unpaired) electrons. The highest BCUT2D eigenvalue weighted by Gasteiger charge is 2.33. The number of hydrogen-bond acceptors (Lipinski definition) is 4. The van der Waals surface area contributed by atoms with Crippen LogP contribution in [0.15, 0.2) is 71.6 Å². The molecule has 1 unspecified atom stereocenters. The summed E-state index contributed by atoms with van der Waals surface area (Å²) in [6, 6.07) is 15.9. The highest BCUT2D eigenvalue weighted by molar-refractivity contribution is 7.92. The van der Waals surface area contributed by atoms with Gasteiger partial charge in [-0.25, -0.2) is 8.42 Å². The van der Waals surface area contributed by atoms with Crippen LogP contribution in [0.25, 0.3) is 0 Å². The molecule has 0 saturated heterocycles. The van der Waals surface area contributed by atoms with Gasteiger partial charge in [-0.1, -0.05) is 70.7 Å². The summed E-state index contributed by atoms with van der Waals surface area (Å²) in [6.45, 7) is 6.38. The molecule has 1 N–H and O–H groups in total. The van der Waals surface area contributed by atoms with Gasteiger partial charge < -0.3 is 10.2 Å². The number of benzene rings is 3. The molecule has 0 aromatic heterocycles. The predicted molar refractivity (Wildman–Crippen MR) is 162 cm³/mol. The maximum atomic E-state index is 13.9. The van der Waals surface area contributed by atoms with Gasteiger partial charge in [0.05, 0.1) is 30.7 Å². The van der Waals surface area contributed by atoms with Crippen LogP contribution in [-0.4, -0.2) is 43.3 Å². The van der Waals surface area contributed by atoms with Crippen LogP contribution >= 0.6 is 46.4 Å². The van der Waals surface area contributed by atoms with E-state index in [4.69, 9.17) is 46.4 Å². The van der Waals surface area contributed by atoms with Crippen molar-refractivity contribution >= 4 is 73.9 Å². The molecule has 3 rings (SSSR count). The second-order valence-electron chi connectivity index (χ2n) is 10.1. The van der Waals surface area contributed by atoms with Crippen LogP contribution in [0.1, 0.15) is 33.3 Å². The molecule has 1 atom stereocenters. The van der Waals surface area contributed by atoms with Crippen LogP contribution in [0.3, 0.4) is 0 Å². The summed E-state index contributed by atoms with van der Waals surface area (Å²) < 4.78 is 28.5. The Kier molecular flexibility index (Phi) is 10.4. The molecule has 3 aromatic carbocycles. The van der Waals surface area contributed by atoms with Crippen molar-refractivity contribution in [3.05, 3.63) is 92.4 Å². The lowest BCUT2D eigenvalue weighted by atomic mass is 10.1. The average molecular weight is 645 g/mol. The normalized spacial score (nSPS) is 12.5. The minimum absolute atomic E-state index is 0.0246. The number of amides is 2. The van der Waals surface area contributed by atoms with Gasteiger partial charge in [0.1, 0.15) is 12.6 Å². The minimum atomic E-state index is -4.23. The third-order valence-electron chi connectivity index (χ3n) is 5.80. The van der Waals surface area contributed by atoms with Gasteiger partial charge in [-0.15, -0.1) is 0 Å². The summed E-state index contributed by atoms with van der Waals surface area (Å²) in [5.41, 5.74) is 0.171. The molecular formula is C28H29Cl4N3O4S. The largest absolute Gasteiger partial charge is 0.350 e. The highest BCUT2D eigenvalue weighted by Crippen LogP contribution is 2.31. The summed E-state index contributed by atoms with van der Waals surface area (Å²) in [4.78, 5) is 28.4. The summed E-state index contributed by atoms with van der Waals surface area (Å²) in [7, 11) is -4.23. The van der Waals surface area contributed by atoms with E-state index in [-0.39, 0.29) is 32.2 Å². The molecule has 0 saturated carbocycles. The molecule has 0 bridgehead atoms. The third-order valence-corrected chi connectivity index (χ3v) is 9.07. The number of halogens is 4. The van der Waals surface area contributed by atoms with Crippen molar-refractivity contribution in [2.75, 3.05) is 10.8 Å². The van der Waals surface area contributed by atoms with Gasteiger partial charge in [0.25, 0.3) is 10.0 Å². The summed E-state index contributed by atoms with van der Waals surface area (Å²) in [5.74, 6) is -1.04. The van der Waals surface area contributed by atoms with Gasteiger partial charge in [0.2, 0.25) is 11.8 Å². The fraction of sp³-hybridized carbons (Fsp3) is 0.286. The zero-order valence-corrected chi connectivity index (χ0v) is 26.1. The van der Waals surface area contributed by atoms with E-state index < -0.39 is 40.0 Å². The lowest BCUT2D eigenvalue weighted by Gasteiger charge is -2.33. The number of rotatable bonds is 9. The van der Waals surface area contributed by atoms with Crippen LogP contribution < -0.4 is 9.62 Å². The number of sulfonamides is 1. The van der Waals surface area contributed by atoms with E-state index in [9.17, 15) is 18.0 Å². The first-order valence-electron chi connectivity index (χ1n) is 12.2. The van der Waals surface area contributed by atoms with Crippen LogP contribution in [0, 0.1) is 0 Å². The van der Waals surface area contributed by atoms with Crippen molar-refractivity contribution < 1.29 is 18.0 Å². The number of nitrogens with zero attached hydrogens (tertiary/aromatic N) is 2. The van der Waals surface area contributed by atoms with Crippen LogP contribution in [-0.2, 0) is 26.2 Å². The van der Waals surface area contributed by atoms with Gasteiger partial charge in [0.15, 0.2) is 0 Å². The van der Waals surface area contributed by atoms with E-state index >= 15 is 0 Å². The van der Waals surface area contributed by atoms with Gasteiger partial charge >= 0.3 is 0 Å². The Morgan fingerprint density at radius 1 is 0.850 bits per heavy atom. The lowest BCUT2D eigenvalue weighted by Crippen LogP contribution is -2.54. The fourth-order valence-electron chi connectivity index (χ4n) is 3.78. The Morgan fingerprint density at radius 2 is 1.43 bits per heavy atom. The Morgan fingerprint density at radius 3 is 1.98 bits per heavy atom. The monoisotopic (exact) mass is 643 g/mol. The Hall–Kier alpha value is -2.49. The molecule has 0 heterocycles. The minimum Gasteiger partial charge on any atom is -0.350 e. The van der Waals surface area contributed by atoms with Gasteiger partial charge in [0, 0.05) is 12.1 Å². The molecule has 40 heavy (non-hydrogen) atoms. The quantitative estimate of drug-likeness (QED) is 0.277. The van der Waals surface area contributed by atoms with Crippen molar-refractivity contribution in [3.8, 4) is 0 Å². The van der Waals surface area contributed by atoms with Crippen molar-refractivity contribution in [1.82, 2.24) is 10.2 Å². The van der Waals surface area contributed by atoms with Crippen LogP contribution in [0.2, 0.25) is 20.1 Å². The second-order valence-corrected chi connectivity index (χ2v) is 13.6. The third kappa shape index (κ3) is 8.04. The molecule has 2 amide bonds. The van der Waals surface area contributed by atoms with E-state index in [2.05, 4.69) is 5.32 Å². The van der Waals surface area contributed by atoms with E-state index in [0.717, 1.165) is 4.31 Å². The van der Waals surface area contributed by atoms with Crippen LogP contribution in [0.4, 0.5) is 5.69 Å². The zero-order chi connectivity index (χ0) is 29.8. The van der Waals surface area contributed by atoms with Crippen molar-refractivity contribution in [2.24, 2.45) is 0 Å². The number of anilines is 1. The predicted octanol–water partition coefficient (Wildman–Crippen LogP) is 6.83. The molecule has 0 aliphatic carbocycles. The molecule has 12 heteroatoms. The lowest BCUT2D eigenvalue weighted by molar-refractivity contribution is -0.140. The Balaban J connectivity index is 2.06. The Labute approximate surface area is 255 Å². The number of hydrogen-bond donors (Lipinski definition) is 1. The fourth-order valence-corrected chi connectivity index (χ4v) is 5.82. The molecule has 214 valence electrons. The standard InChI is InChI=1S/C28H29Cl4N3O4S/c1-18(27(37)33-28(2,3)4)34(16-19-10-12-22(29)24(31)14-19)26(36)17-35(20-11-13-23(30)25(32)15-20)40(38,39)21-8-6-5-7-9-21/h5-15,18H,16-17H2,1-4H3,(H,33,37). The van der Waals surface area contributed by atoms with E-state index in [0.29, 0.717) is 10.6 Å². The van der Waals surface area contributed by atoms with Gasteiger partial charge in [-0.05, 0) is 75.7 Å². The molecule has 0 fully saturated rings. The molecular weight excluding hydrogens is 616 g/mol. The summed E-state index contributed by atoms with van der Waals surface area (Å²) in [5, 5.41) is 3.83. The molecule has 0 aliphatic heterocycles. The molecule has 0 spiro atoms. The van der Waals surface area contributed by atoms with Crippen LogP contribution in [0.5, 0.6) is 0 Å².